The number of carbonyl (C=O) groups excluding carboxylic acids is 1. The Hall–Kier alpha value is -2.33. The number of hydrogen-bond acceptors (Lipinski definition) is 3. The first-order chi connectivity index (χ1) is 11.2. The van der Waals surface area contributed by atoms with Gasteiger partial charge in [-0.15, -0.1) is 0 Å². The van der Waals surface area contributed by atoms with Gasteiger partial charge in [0.15, 0.2) is 0 Å². The Morgan fingerprint density at radius 2 is 1.83 bits per heavy atom. The molecule has 0 aliphatic heterocycles. The molecule has 1 fully saturated rings. The van der Waals surface area contributed by atoms with E-state index in [1.165, 1.54) is 0 Å². The summed E-state index contributed by atoms with van der Waals surface area (Å²) in [4.78, 5) is 12.2. The van der Waals surface area contributed by atoms with Crippen LogP contribution in [-0.4, -0.2) is 23.2 Å². The molecule has 23 heavy (non-hydrogen) atoms. The molecule has 4 heteroatoms. The van der Waals surface area contributed by atoms with Gasteiger partial charge < -0.3 is 15.2 Å². The van der Waals surface area contributed by atoms with E-state index in [1.807, 2.05) is 30.3 Å². The number of benzene rings is 2. The largest absolute Gasteiger partial charge is 0.489 e. The van der Waals surface area contributed by atoms with Gasteiger partial charge >= 0.3 is 0 Å². The minimum absolute atomic E-state index is 0.128. The SMILES string of the molecule is O=C(N[C@@H]1CCC[C@H]1O)c1ccc(OCc2ccccc2)cc1. The van der Waals surface area contributed by atoms with Gasteiger partial charge in [0, 0.05) is 5.56 Å². The molecule has 0 unspecified atom stereocenters. The Morgan fingerprint density at radius 3 is 2.48 bits per heavy atom. The van der Waals surface area contributed by atoms with Crippen LogP contribution in [0.25, 0.3) is 0 Å². The fraction of sp³-hybridized carbons (Fsp3) is 0.316. The molecule has 0 heterocycles. The minimum Gasteiger partial charge on any atom is -0.489 e. The molecule has 1 aliphatic carbocycles. The summed E-state index contributed by atoms with van der Waals surface area (Å²) >= 11 is 0. The maximum absolute atomic E-state index is 12.2. The van der Waals surface area contributed by atoms with Crippen molar-refractivity contribution in [3.8, 4) is 5.75 Å². The van der Waals surface area contributed by atoms with E-state index in [0.29, 0.717) is 12.2 Å². The average molecular weight is 311 g/mol. The molecule has 4 nitrogen and oxygen atoms in total. The third-order valence-electron chi connectivity index (χ3n) is 4.16. The highest BCUT2D eigenvalue weighted by atomic mass is 16.5. The van der Waals surface area contributed by atoms with Crippen LogP contribution in [0.5, 0.6) is 5.75 Å². The summed E-state index contributed by atoms with van der Waals surface area (Å²) < 4.78 is 5.71. The van der Waals surface area contributed by atoms with Crippen LogP contribution in [0.2, 0.25) is 0 Å². The normalized spacial score (nSPS) is 20.2. The van der Waals surface area contributed by atoms with Crippen LogP contribution in [0.3, 0.4) is 0 Å². The average Bonchev–Trinajstić information content (AvgIpc) is 2.99. The summed E-state index contributed by atoms with van der Waals surface area (Å²) in [6, 6.07) is 16.9. The quantitative estimate of drug-likeness (QED) is 0.892. The van der Waals surface area contributed by atoms with Crippen molar-refractivity contribution in [3.63, 3.8) is 0 Å². The third-order valence-corrected chi connectivity index (χ3v) is 4.16. The first-order valence-corrected chi connectivity index (χ1v) is 7.98. The summed E-state index contributed by atoms with van der Waals surface area (Å²) in [5, 5.41) is 12.7. The van der Waals surface area contributed by atoms with Crippen molar-refractivity contribution >= 4 is 5.91 Å². The van der Waals surface area contributed by atoms with E-state index in [4.69, 9.17) is 4.74 Å². The smallest absolute Gasteiger partial charge is 0.251 e. The minimum atomic E-state index is -0.424. The summed E-state index contributed by atoms with van der Waals surface area (Å²) in [5.41, 5.74) is 1.68. The van der Waals surface area contributed by atoms with Gasteiger partial charge in [-0.2, -0.15) is 0 Å². The molecule has 0 saturated heterocycles. The second-order valence-electron chi connectivity index (χ2n) is 5.88. The molecule has 3 rings (SSSR count). The standard InChI is InChI=1S/C19H21NO3/c21-18-8-4-7-17(18)20-19(22)15-9-11-16(12-10-15)23-13-14-5-2-1-3-6-14/h1-3,5-6,9-12,17-18,21H,4,7-8,13H2,(H,20,22)/t17-,18-/m1/s1. The topological polar surface area (TPSA) is 58.6 Å². The van der Waals surface area contributed by atoms with Crippen molar-refractivity contribution in [2.75, 3.05) is 0 Å². The van der Waals surface area contributed by atoms with Crippen LogP contribution in [-0.2, 0) is 6.61 Å². The number of rotatable bonds is 5. The summed E-state index contributed by atoms with van der Waals surface area (Å²) in [6.07, 6.45) is 2.13. The monoisotopic (exact) mass is 311 g/mol. The molecule has 1 saturated carbocycles. The number of aliphatic hydroxyl groups excluding tert-OH is 1. The Bertz CT molecular complexity index is 639. The third kappa shape index (κ3) is 4.11. The zero-order valence-electron chi connectivity index (χ0n) is 12.9. The van der Waals surface area contributed by atoms with Crippen molar-refractivity contribution in [2.24, 2.45) is 0 Å². The summed E-state index contributed by atoms with van der Waals surface area (Å²) in [7, 11) is 0. The van der Waals surface area contributed by atoms with Gasteiger partial charge in [-0.1, -0.05) is 30.3 Å². The highest BCUT2D eigenvalue weighted by Gasteiger charge is 2.26. The second-order valence-corrected chi connectivity index (χ2v) is 5.88. The Morgan fingerprint density at radius 1 is 1.09 bits per heavy atom. The molecule has 2 atom stereocenters. The van der Waals surface area contributed by atoms with Crippen molar-refractivity contribution in [2.45, 2.75) is 38.0 Å². The van der Waals surface area contributed by atoms with Crippen LogP contribution in [0, 0.1) is 0 Å². The number of aliphatic hydroxyl groups is 1. The van der Waals surface area contributed by atoms with E-state index in [1.54, 1.807) is 24.3 Å². The van der Waals surface area contributed by atoms with Crippen molar-refractivity contribution in [1.29, 1.82) is 0 Å². The first kappa shape index (κ1) is 15.6. The predicted octanol–water partition coefficient (Wildman–Crippen LogP) is 2.91. The van der Waals surface area contributed by atoms with Gasteiger partial charge in [-0.05, 0) is 49.1 Å². The van der Waals surface area contributed by atoms with Crippen LogP contribution in [0.15, 0.2) is 54.6 Å². The predicted molar refractivity (Wildman–Crippen MR) is 88.3 cm³/mol. The van der Waals surface area contributed by atoms with E-state index < -0.39 is 6.10 Å². The van der Waals surface area contributed by atoms with Crippen LogP contribution >= 0.6 is 0 Å². The summed E-state index contributed by atoms with van der Waals surface area (Å²) in [6.45, 7) is 0.501. The first-order valence-electron chi connectivity index (χ1n) is 7.98. The lowest BCUT2D eigenvalue weighted by Gasteiger charge is -2.16. The Balaban J connectivity index is 1.55. The lowest BCUT2D eigenvalue weighted by atomic mass is 10.1. The molecule has 2 aromatic carbocycles. The Kier molecular flexibility index (Phi) is 4.93. The molecule has 2 aromatic rings. The lowest BCUT2D eigenvalue weighted by molar-refractivity contribution is 0.0873. The number of ether oxygens (including phenoxy) is 1. The molecule has 0 radical (unpaired) electrons. The van der Waals surface area contributed by atoms with Crippen LogP contribution in [0.4, 0.5) is 0 Å². The Labute approximate surface area is 136 Å². The fourth-order valence-electron chi connectivity index (χ4n) is 2.80. The summed E-state index contributed by atoms with van der Waals surface area (Å²) in [5.74, 6) is 0.580. The number of amides is 1. The highest BCUT2D eigenvalue weighted by Crippen LogP contribution is 2.20. The van der Waals surface area contributed by atoms with Crippen LogP contribution in [0.1, 0.15) is 35.2 Å². The molecule has 120 valence electrons. The molecular formula is C19H21NO3. The van der Waals surface area contributed by atoms with Crippen molar-refractivity contribution in [3.05, 3.63) is 65.7 Å². The van der Waals surface area contributed by atoms with E-state index >= 15 is 0 Å². The van der Waals surface area contributed by atoms with E-state index in [-0.39, 0.29) is 11.9 Å². The van der Waals surface area contributed by atoms with Crippen LogP contribution < -0.4 is 10.1 Å². The maximum Gasteiger partial charge on any atom is 0.251 e. The van der Waals surface area contributed by atoms with Gasteiger partial charge in [-0.3, -0.25) is 4.79 Å². The molecule has 0 spiro atoms. The van der Waals surface area contributed by atoms with Gasteiger partial charge in [0.1, 0.15) is 12.4 Å². The van der Waals surface area contributed by atoms with E-state index in [2.05, 4.69) is 5.32 Å². The highest BCUT2D eigenvalue weighted by molar-refractivity contribution is 5.94. The molecule has 1 amide bonds. The molecule has 0 bridgehead atoms. The van der Waals surface area contributed by atoms with Crippen molar-refractivity contribution < 1.29 is 14.6 Å². The molecule has 0 aromatic heterocycles. The van der Waals surface area contributed by atoms with Gasteiger partial charge in [-0.25, -0.2) is 0 Å². The van der Waals surface area contributed by atoms with Crippen molar-refractivity contribution in [1.82, 2.24) is 5.32 Å². The second kappa shape index (κ2) is 7.29. The molecule has 1 aliphatic rings. The van der Waals surface area contributed by atoms with Gasteiger partial charge in [0.05, 0.1) is 12.1 Å². The number of nitrogens with one attached hydrogen (secondary N) is 1. The number of hydrogen-bond donors (Lipinski definition) is 2. The lowest BCUT2D eigenvalue weighted by Crippen LogP contribution is -2.39. The fourth-order valence-corrected chi connectivity index (χ4v) is 2.80. The van der Waals surface area contributed by atoms with Gasteiger partial charge in [0.25, 0.3) is 5.91 Å². The molecule has 2 N–H and O–H groups in total. The zero-order valence-corrected chi connectivity index (χ0v) is 12.9. The molecular weight excluding hydrogens is 290 g/mol. The van der Waals surface area contributed by atoms with Gasteiger partial charge in [0.2, 0.25) is 0 Å². The van der Waals surface area contributed by atoms with E-state index in [0.717, 1.165) is 30.6 Å². The zero-order chi connectivity index (χ0) is 16.1. The maximum atomic E-state index is 12.2. The van der Waals surface area contributed by atoms with E-state index in [9.17, 15) is 9.90 Å². The number of carbonyl (C=O) groups is 1.